The lowest BCUT2D eigenvalue weighted by Crippen LogP contribution is -2.41. The molecule has 1 heterocycles. The normalized spacial score (nSPS) is 18.7. The Labute approximate surface area is 128 Å². The number of piperidine rings is 1. The zero-order valence-electron chi connectivity index (χ0n) is 13.3. The van der Waals surface area contributed by atoms with Crippen LogP contribution >= 0.6 is 0 Å². The lowest BCUT2D eigenvalue weighted by Gasteiger charge is -2.32. The number of para-hydroxylation sites is 1. The summed E-state index contributed by atoms with van der Waals surface area (Å²) in [6, 6.07) is 8.11. The second-order valence-corrected chi connectivity index (χ2v) is 8.71. The van der Waals surface area contributed by atoms with Gasteiger partial charge in [-0.15, -0.1) is 0 Å². The average Bonchev–Trinajstić information content (AvgIpc) is 2.37. The third kappa shape index (κ3) is 4.20. The van der Waals surface area contributed by atoms with E-state index >= 15 is 0 Å². The summed E-state index contributed by atoms with van der Waals surface area (Å²) < 4.78 is 30.7. The van der Waals surface area contributed by atoms with Gasteiger partial charge in [0.1, 0.15) is 11.9 Å². The monoisotopic (exact) mass is 311 g/mol. The molecular weight excluding hydrogens is 286 g/mol. The summed E-state index contributed by atoms with van der Waals surface area (Å²) >= 11 is 0. The van der Waals surface area contributed by atoms with E-state index in [-0.39, 0.29) is 11.5 Å². The molecule has 0 atom stereocenters. The predicted molar refractivity (Wildman–Crippen MR) is 85.2 cm³/mol. The van der Waals surface area contributed by atoms with Crippen LogP contribution in [0, 0.1) is 0 Å². The second kappa shape index (κ2) is 5.97. The van der Waals surface area contributed by atoms with Gasteiger partial charge in [-0.05, 0) is 29.9 Å². The molecule has 0 bridgehead atoms. The molecule has 21 heavy (non-hydrogen) atoms. The van der Waals surface area contributed by atoms with E-state index in [4.69, 9.17) is 4.74 Å². The fraction of sp³-hybridized carbons (Fsp3) is 0.625. The largest absolute Gasteiger partial charge is 0.490 e. The van der Waals surface area contributed by atoms with Crippen molar-refractivity contribution in [2.45, 2.75) is 45.1 Å². The van der Waals surface area contributed by atoms with Crippen molar-refractivity contribution in [3.8, 4) is 5.75 Å². The molecule has 1 aliphatic rings. The van der Waals surface area contributed by atoms with Crippen LogP contribution in [0.1, 0.15) is 39.2 Å². The van der Waals surface area contributed by atoms with Gasteiger partial charge in [0, 0.05) is 13.1 Å². The van der Waals surface area contributed by atoms with Gasteiger partial charge in [0.15, 0.2) is 0 Å². The summed E-state index contributed by atoms with van der Waals surface area (Å²) in [5, 5.41) is 0. The predicted octanol–water partition coefficient (Wildman–Crippen LogP) is 2.79. The van der Waals surface area contributed by atoms with Crippen molar-refractivity contribution >= 4 is 10.0 Å². The zero-order chi connectivity index (χ0) is 15.7. The van der Waals surface area contributed by atoms with E-state index in [9.17, 15) is 8.42 Å². The molecule has 1 aromatic carbocycles. The highest BCUT2D eigenvalue weighted by Gasteiger charge is 2.27. The van der Waals surface area contributed by atoms with Crippen LogP contribution < -0.4 is 4.74 Å². The molecule has 0 aliphatic carbocycles. The van der Waals surface area contributed by atoms with Gasteiger partial charge in [0.05, 0.1) is 6.26 Å². The van der Waals surface area contributed by atoms with Gasteiger partial charge in [-0.3, -0.25) is 0 Å². The molecule has 0 saturated carbocycles. The summed E-state index contributed by atoms with van der Waals surface area (Å²) in [4.78, 5) is 0. The molecule has 0 spiro atoms. The first-order valence-corrected chi connectivity index (χ1v) is 9.24. The average molecular weight is 311 g/mol. The number of nitrogens with zero attached hydrogens (tertiary/aromatic N) is 1. The van der Waals surface area contributed by atoms with Gasteiger partial charge in [-0.2, -0.15) is 0 Å². The van der Waals surface area contributed by atoms with Gasteiger partial charge in [-0.1, -0.05) is 39.0 Å². The second-order valence-electron chi connectivity index (χ2n) is 6.73. The maximum Gasteiger partial charge on any atom is 0.211 e. The number of sulfonamides is 1. The molecule has 1 aromatic rings. The molecule has 0 aromatic heterocycles. The molecule has 1 saturated heterocycles. The van der Waals surface area contributed by atoms with Crippen LogP contribution in [0.25, 0.3) is 0 Å². The van der Waals surface area contributed by atoms with Gasteiger partial charge in [-0.25, -0.2) is 12.7 Å². The smallest absolute Gasteiger partial charge is 0.211 e. The first kappa shape index (κ1) is 16.3. The lowest BCUT2D eigenvalue weighted by molar-refractivity contribution is 0.133. The first-order valence-electron chi connectivity index (χ1n) is 7.39. The quantitative estimate of drug-likeness (QED) is 0.862. The Hall–Kier alpha value is -1.07. The molecule has 2 rings (SSSR count). The number of rotatable bonds is 3. The fourth-order valence-electron chi connectivity index (χ4n) is 2.65. The minimum atomic E-state index is -3.08. The van der Waals surface area contributed by atoms with Crippen molar-refractivity contribution in [3.63, 3.8) is 0 Å². The Bertz CT molecular complexity index is 582. The van der Waals surface area contributed by atoms with E-state index in [1.165, 1.54) is 16.1 Å². The van der Waals surface area contributed by atoms with Gasteiger partial charge < -0.3 is 4.74 Å². The molecule has 0 unspecified atom stereocenters. The third-order valence-electron chi connectivity index (χ3n) is 3.86. The molecule has 1 aliphatic heterocycles. The number of benzene rings is 1. The van der Waals surface area contributed by atoms with Crippen molar-refractivity contribution in [1.82, 2.24) is 4.31 Å². The van der Waals surface area contributed by atoms with E-state index < -0.39 is 10.0 Å². The van der Waals surface area contributed by atoms with E-state index in [0.29, 0.717) is 13.1 Å². The number of ether oxygens (including phenoxy) is 1. The molecule has 5 heteroatoms. The SMILES string of the molecule is CC(C)(C)c1ccccc1OC1CCN(S(C)(=O)=O)CC1. The topological polar surface area (TPSA) is 46.6 Å². The lowest BCUT2D eigenvalue weighted by atomic mass is 9.86. The molecule has 1 fully saturated rings. The molecule has 0 amide bonds. The summed E-state index contributed by atoms with van der Waals surface area (Å²) in [5.74, 6) is 0.919. The molecule has 0 radical (unpaired) electrons. The van der Waals surface area contributed by atoms with E-state index in [1.807, 2.05) is 18.2 Å². The minimum Gasteiger partial charge on any atom is -0.490 e. The van der Waals surface area contributed by atoms with E-state index in [1.54, 1.807) is 0 Å². The van der Waals surface area contributed by atoms with Crippen LogP contribution in [0.4, 0.5) is 0 Å². The summed E-state index contributed by atoms with van der Waals surface area (Å²) in [7, 11) is -3.08. The Morgan fingerprint density at radius 1 is 1.14 bits per heavy atom. The summed E-state index contributed by atoms with van der Waals surface area (Å²) in [6.07, 6.45) is 2.84. The Morgan fingerprint density at radius 2 is 1.71 bits per heavy atom. The number of hydrogen-bond donors (Lipinski definition) is 0. The van der Waals surface area contributed by atoms with Crippen LogP contribution in [0.2, 0.25) is 0 Å². The van der Waals surface area contributed by atoms with Crippen LogP contribution in [-0.4, -0.2) is 38.2 Å². The molecule has 4 nitrogen and oxygen atoms in total. The van der Waals surface area contributed by atoms with E-state index in [0.717, 1.165) is 18.6 Å². The third-order valence-corrected chi connectivity index (χ3v) is 5.16. The van der Waals surface area contributed by atoms with Crippen LogP contribution in [-0.2, 0) is 15.4 Å². The van der Waals surface area contributed by atoms with Gasteiger partial charge in [0.25, 0.3) is 0 Å². The van der Waals surface area contributed by atoms with Gasteiger partial charge >= 0.3 is 0 Å². The van der Waals surface area contributed by atoms with Gasteiger partial charge in [0.2, 0.25) is 10.0 Å². The van der Waals surface area contributed by atoms with Crippen molar-refractivity contribution in [3.05, 3.63) is 29.8 Å². The maximum atomic E-state index is 11.5. The van der Waals surface area contributed by atoms with Crippen molar-refractivity contribution in [1.29, 1.82) is 0 Å². The number of hydrogen-bond acceptors (Lipinski definition) is 3. The Morgan fingerprint density at radius 3 is 2.24 bits per heavy atom. The summed E-state index contributed by atoms with van der Waals surface area (Å²) in [6.45, 7) is 7.59. The first-order chi connectivity index (χ1) is 9.68. The van der Waals surface area contributed by atoms with Crippen molar-refractivity contribution in [2.75, 3.05) is 19.3 Å². The maximum absolute atomic E-state index is 11.5. The van der Waals surface area contributed by atoms with Crippen molar-refractivity contribution < 1.29 is 13.2 Å². The fourth-order valence-corrected chi connectivity index (χ4v) is 3.52. The van der Waals surface area contributed by atoms with E-state index in [2.05, 4.69) is 26.8 Å². The standard InChI is InChI=1S/C16H25NO3S/c1-16(2,3)14-7-5-6-8-15(14)20-13-9-11-17(12-10-13)21(4,18)19/h5-8,13H,9-12H2,1-4H3. The van der Waals surface area contributed by atoms with Crippen LogP contribution in [0.3, 0.4) is 0 Å². The van der Waals surface area contributed by atoms with Crippen LogP contribution in [0.5, 0.6) is 5.75 Å². The highest BCUT2D eigenvalue weighted by atomic mass is 32.2. The highest BCUT2D eigenvalue weighted by Crippen LogP contribution is 2.32. The molecule has 0 N–H and O–H groups in total. The summed E-state index contributed by atoms with van der Waals surface area (Å²) in [5.41, 5.74) is 1.22. The Balaban J connectivity index is 2.05. The minimum absolute atomic E-state index is 0.0318. The highest BCUT2D eigenvalue weighted by molar-refractivity contribution is 7.88. The molecule has 118 valence electrons. The van der Waals surface area contributed by atoms with Crippen molar-refractivity contribution in [2.24, 2.45) is 0 Å². The zero-order valence-corrected chi connectivity index (χ0v) is 14.1. The molecular formula is C16H25NO3S. The Kier molecular flexibility index (Phi) is 4.63. The van der Waals surface area contributed by atoms with Crippen LogP contribution in [0.15, 0.2) is 24.3 Å².